The molecule has 18 heavy (non-hydrogen) atoms. The molecule has 0 atom stereocenters. The Hall–Kier alpha value is -1.98. The van der Waals surface area contributed by atoms with Crippen molar-refractivity contribution in [2.75, 3.05) is 11.9 Å². The van der Waals surface area contributed by atoms with Crippen molar-refractivity contribution in [1.29, 1.82) is 0 Å². The number of anilines is 1. The van der Waals surface area contributed by atoms with Gasteiger partial charge in [0.05, 0.1) is 5.56 Å². The first-order valence-corrected chi connectivity index (χ1v) is 5.12. The van der Waals surface area contributed by atoms with Crippen LogP contribution in [0.2, 0.25) is 0 Å². The van der Waals surface area contributed by atoms with Crippen LogP contribution in [0.15, 0.2) is 30.4 Å². The van der Waals surface area contributed by atoms with E-state index in [0.717, 1.165) is 18.2 Å². The van der Waals surface area contributed by atoms with Gasteiger partial charge in [-0.05, 0) is 24.6 Å². The predicted molar refractivity (Wildman–Crippen MR) is 61.4 cm³/mol. The number of nitrogens with one attached hydrogen (secondary N) is 1. The minimum atomic E-state index is -4.39. The van der Waals surface area contributed by atoms with Crippen LogP contribution >= 0.6 is 0 Å². The fourth-order valence-corrected chi connectivity index (χ4v) is 1.32. The van der Waals surface area contributed by atoms with Gasteiger partial charge >= 0.3 is 12.1 Å². The van der Waals surface area contributed by atoms with Gasteiger partial charge in [-0.2, -0.15) is 13.2 Å². The molecule has 0 aliphatic rings. The molecular formula is C12H12F3NO2. The van der Waals surface area contributed by atoms with Gasteiger partial charge < -0.3 is 10.4 Å². The molecular weight excluding hydrogens is 247 g/mol. The van der Waals surface area contributed by atoms with E-state index in [0.29, 0.717) is 11.3 Å². The molecule has 98 valence electrons. The third-order valence-corrected chi connectivity index (χ3v) is 2.24. The van der Waals surface area contributed by atoms with Crippen molar-refractivity contribution in [3.63, 3.8) is 0 Å². The Morgan fingerprint density at radius 3 is 2.67 bits per heavy atom. The molecule has 0 aliphatic heterocycles. The van der Waals surface area contributed by atoms with Crippen LogP contribution in [0.4, 0.5) is 18.9 Å². The first-order valence-electron chi connectivity index (χ1n) is 5.12. The van der Waals surface area contributed by atoms with Crippen molar-refractivity contribution in [2.24, 2.45) is 0 Å². The molecule has 0 saturated heterocycles. The molecule has 0 aliphatic carbocycles. The lowest BCUT2D eigenvalue weighted by Crippen LogP contribution is -2.07. The molecule has 0 aromatic heterocycles. The second kappa shape index (κ2) is 5.57. The Bertz CT molecular complexity index is 467. The van der Waals surface area contributed by atoms with E-state index in [1.54, 1.807) is 6.92 Å². The Morgan fingerprint density at radius 1 is 1.44 bits per heavy atom. The number of aliphatic carboxylic acids is 1. The number of carboxylic acids is 1. The van der Waals surface area contributed by atoms with E-state index < -0.39 is 17.7 Å². The molecule has 6 heteroatoms. The number of alkyl halides is 3. The van der Waals surface area contributed by atoms with Crippen molar-refractivity contribution in [1.82, 2.24) is 0 Å². The molecule has 0 unspecified atom stereocenters. The minimum absolute atomic E-state index is 0.147. The number of rotatable bonds is 4. The van der Waals surface area contributed by atoms with Crippen LogP contribution in [-0.4, -0.2) is 17.6 Å². The third-order valence-electron chi connectivity index (χ3n) is 2.24. The normalized spacial score (nSPS) is 11.8. The molecule has 0 fully saturated rings. The Labute approximate surface area is 102 Å². The van der Waals surface area contributed by atoms with Crippen LogP contribution in [-0.2, 0) is 11.0 Å². The largest absolute Gasteiger partial charge is 0.478 e. The van der Waals surface area contributed by atoms with Crippen LogP contribution in [0.1, 0.15) is 11.1 Å². The lowest BCUT2D eigenvalue weighted by atomic mass is 10.1. The molecule has 1 rings (SSSR count). The number of benzene rings is 1. The first kappa shape index (κ1) is 14.1. The van der Waals surface area contributed by atoms with Gasteiger partial charge in [0.2, 0.25) is 0 Å². The van der Waals surface area contributed by atoms with Gasteiger partial charge in [0, 0.05) is 18.3 Å². The summed E-state index contributed by atoms with van der Waals surface area (Å²) in [5, 5.41) is 11.1. The Morgan fingerprint density at radius 2 is 2.11 bits per heavy atom. The zero-order valence-electron chi connectivity index (χ0n) is 9.58. The average Bonchev–Trinajstić information content (AvgIpc) is 2.24. The lowest BCUT2D eigenvalue weighted by Gasteiger charge is -2.12. The minimum Gasteiger partial charge on any atom is -0.478 e. The molecule has 0 bridgehead atoms. The molecule has 1 aromatic carbocycles. The number of aryl methyl sites for hydroxylation is 1. The smallest absolute Gasteiger partial charge is 0.416 e. The molecule has 0 radical (unpaired) electrons. The van der Waals surface area contributed by atoms with Gasteiger partial charge in [0.25, 0.3) is 0 Å². The maximum Gasteiger partial charge on any atom is 0.416 e. The summed E-state index contributed by atoms with van der Waals surface area (Å²) >= 11 is 0. The summed E-state index contributed by atoms with van der Waals surface area (Å²) in [4.78, 5) is 10.2. The van der Waals surface area contributed by atoms with Crippen LogP contribution in [0.5, 0.6) is 0 Å². The first-order chi connectivity index (χ1) is 8.30. The molecule has 0 amide bonds. The van der Waals surface area contributed by atoms with Crippen molar-refractivity contribution in [2.45, 2.75) is 13.1 Å². The fraction of sp³-hybridized carbons (Fsp3) is 0.250. The molecule has 0 spiro atoms. The van der Waals surface area contributed by atoms with E-state index in [1.165, 1.54) is 12.1 Å². The van der Waals surface area contributed by atoms with Crippen LogP contribution < -0.4 is 5.32 Å². The maximum atomic E-state index is 12.5. The summed E-state index contributed by atoms with van der Waals surface area (Å²) < 4.78 is 37.4. The highest BCUT2D eigenvalue weighted by atomic mass is 19.4. The van der Waals surface area contributed by atoms with Crippen LogP contribution in [0, 0.1) is 6.92 Å². The number of halogens is 3. The van der Waals surface area contributed by atoms with E-state index in [1.807, 2.05) is 0 Å². The van der Waals surface area contributed by atoms with Crippen molar-refractivity contribution < 1.29 is 23.1 Å². The zero-order chi connectivity index (χ0) is 13.8. The standard InChI is InChI=1S/C12H12F3NO2/c1-8-4-5-9(12(13,14)15)7-10(8)16-6-2-3-11(17)18/h2-5,7,16H,6H2,1H3,(H,17,18)/b3-2+. The van der Waals surface area contributed by atoms with Crippen molar-refractivity contribution in [3.8, 4) is 0 Å². The second-order valence-corrected chi connectivity index (χ2v) is 3.65. The Balaban J connectivity index is 2.79. The summed E-state index contributed by atoms with van der Waals surface area (Å²) in [6, 6.07) is 3.38. The van der Waals surface area contributed by atoms with E-state index in [9.17, 15) is 18.0 Å². The summed E-state index contributed by atoms with van der Waals surface area (Å²) in [6.45, 7) is 1.82. The summed E-state index contributed by atoms with van der Waals surface area (Å²) in [7, 11) is 0. The zero-order valence-corrected chi connectivity index (χ0v) is 9.58. The van der Waals surface area contributed by atoms with Gasteiger partial charge in [-0.25, -0.2) is 4.79 Å². The summed E-state index contributed by atoms with van der Waals surface area (Å²) in [5.41, 5.74) is 0.254. The maximum absolute atomic E-state index is 12.5. The number of carboxylic acid groups (broad SMARTS) is 1. The highest BCUT2D eigenvalue weighted by molar-refractivity contribution is 5.79. The second-order valence-electron chi connectivity index (χ2n) is 3.65. The highest BCUT2D eigenvalue weighted by Gasteiger charge is 2.30. The van der Waals surface area contributed by atoms with Crippen LogP contribution in [0.3, 0.4) is 0 Å². The molecule has 2 N–H and O–H groups in total. The van der Waals surface area contributed by atoms with E-state index >= 15 is 0 Å². The third kappa shape index (κ3) is 4.12. The average molecular weight is 259 g/mol. The monoisotopic (exact) mass is 259 g/mol. The molecule has 3 nitrogen and oxygen atoms in total. The van der Waals surface area contributed by atoms with Crippen LogP contribution in [0.25, 0.3) is 0 Å². The number of hydrogen-bond acceptors (Lipinski definition) is 2. The number of carbonyl (C=O) groups is 1. The number of hydrogen-bond donors (Lipinski definition) is 2. The topological polar surface area (TPSA) is 49.3 Å². The quantitative estimate of drug-likeness (QED) is 0.817. The van der Waals surface area contributed by atoms with E-state index in [2.05, 4.69) is 5.32 Å². The molecule has 1 aromatic rings. The van der Waals surface area contributed by atoms with Crippen molar-refractivity contribution >= 4 is 11.7 Å². The van der Waals surface area contributed by atoms with Gasteiger partial charge in [-0.15, -0.1) is 0 Å². The molecule has 0 saturated carbocycles. The van der Waals surface area contributed by atoms with Gasteiger partial charge in [0.1, 0.15) is 0 Å². The lowest BCUT2D eigenvalue weighted by molar-refractivity contribution is -0.137. The van der Waals surface area contributed by atoms with Gasteiger partial charge in [-0.1, -0.05) is 12.1 Å². The van der Waals surface area contributed by atoms with E-state index in [4.69, 9.17) is 5.11 Å². The SMILES string of the molecule is Cc1ccc(C(F)(F)F)cc1NC/C=C/C(=O)O. The molecule has 0 heterocycles. The summed E-state index contributed by atoms with van der Waals surface area (Å²) in [6.07, 6.45) is -2.14. The predicted octanol–water partition coefficient (Wildman–Crippen LogP) is 3.07. The highest BCUT2D eigenvalue weighted by Crippen LogP contribution is 2.31. The van der Waals surface area contributed by atoms with Gasteiger partial charge in [-0.3, -0.25) is 0 Å². The van der Waals surface area contributed by atoms with Gasteiger partial charge in [0.15, 0.2) is 0 Å². The van der Waals surface area contributed by atoms with Crippen molar-refractivity contribution in [3.05, 3.63) is 41.5 Å². The fourth-order valence-electron chi connectivity index (χ4n) is 1.32. The Kier molecular flexibility index (Phi) is 4.36. The summed E-state index contributed by atoms with van der Waals surface area (Å²) in [5.74, 6) is -1.10. The van der Waals surface area contributed by atoms with E-state index in [-0.39, 0.29) is 6.54 Å².